The van der Waals surface area contributed by atoms with E-state index in [0.29, 0.717) is 6.04 Å². The van der Waals surface area contributed by atoms with Crippen molar-refractivity contribution >= 4 is 17.2 Å². The van der Waals surface area contributed by atoms with Crippen LogP contribution in [-0.4, -0.2) is 28.0 Å². The zero-order valence-corrected chi connectivity index (χ0v) is 14.2. The Balaban J connectivity index is 1.71. The Morgan fingerprint density at radius 1 is 1.36 bits per heavy atom. The molecule has 1 saturated heterocycles. The topological polar surface area (TPSA) is 25.2 Å². The largest absolute Gasteiger partial charge is 0.354 e. The van der Waals surface area contributed by atoms with Crippen LogP contribution in [0.3, 0.4) is 0 Å². The zero-order chi connectivity index (χ0) is 15.5. The number of hydrogen-bond acceptors (Lipinski definition) is 2. The molecule has 3 nitrogen and oxygen atoms in total. The number of aryl methyl sites for hydroxylation is 2. The second kappa shape index (κ2) is 6.69. The number of aromatic nitrogens is 1. The normalized spacial score (nSPS) is 18.6. The van der Waals surface area contributed by atoms with Gasteiger partial charge in [-0.05, 0) is 56.5 Å². The lowest BCUT2D eigenvalue weighted by Gasteiger charge is -2.36. The lowest BCUT2D eigenvalue weighted by molar-refractivity contribution is 0.0601. The summed E-state index contributed by atoms with van der Waals surface area (Å²) in [4.78, 5) is 16.5. The van der Waals surface area contributed by atoms with Gasteiger partial charge in [0.1, 0.15) is 0 Å². The van der Waals surface area contributed by atoms with E-state index >= 15 is 0 Å². The molecule has 4 heteroatoms. The summed E-state index contributed by atoms with van der Waals surface area (Å²) in [6, 6.07) is 6.66. The number of carbonyl (C=O) groups excluding carboxylic acids is 1. The molecule has 0 saturated carbocycles. The van der Waals surface area contributed by atoms with Gasteiger partial charge in [0.15, 0.2) is 0 Å². The monoisotopic (exact) mass is 316 g/mol. The van der Waals surface area contributed by atoms with Gasteiger partial charge in [-0.25, -0.2) is 0 Å². The Morgan fingerprint density at radius 3 is 2.91 bits per heavy atom. The fourth-order valence-electron chi connectivity index (χ4n) is 3.32. The summed E-state index contributed by atoms with van der Waals surface area (Å²) in [5.74, 6) is 0.217. The van der Waals surface area contributed by atoms with Crippen molar-refractivity contribution in [3.63, 3.8) is 0 Å². The van der Waals surface area contributed by atoms with Crippen molar-refractivity contribution in [1.29, 1.82) is 0 Å². The van der Waals surface area contributed by atoms with Crippen molar-refractivity contribution in [3.8, 4) is 0 Å². The molecular weight excluding hydrogens is 292 g/mol. The summed E-state index contributed by atoms with van der Waals surface area (Å²) in [6.07, 6.45) is 7.66. The van der Waals surface area contributed by atoms with Gasteiger partial charge in [-0.15, -0.1) is 11.3 Å². The molecule has 1 atom stereocenters. The van der Waals surface area contributed by atoms with Gasteiger partial charge in [0.05, 0.1) is 5.56 Å². The number of rotatable bonds is 4. The Kier molecular flexibility index (Phi) is 4.67. The highest BCUT2D eigenvalue weighted by Gasteiger charge is 2.28. The van der Waals surface area contributed by atoms with Gasteiger partial charge in [0.25, 0.3) is 5.91 Å². The quantitative estimate of drug-likeness (QED) is 0.836. The minimum atomic E-state index is 0.217. The van der Waals surface area contributed by atoms with Gasteiger partial charge in [-0.1, -0.05) is 6.07 Å². The van der Waals surface area contributed by atoms with Crippen molar-refractivity contribution in [3.05, 3.63) is 45.9 Å². The number of hydrogen-bond donors (Lipinski definition) is 0. The maximum atomic E-state index is 12.9. The zero-order valence-electron chi connectivity index (χ0n) is 13.4. The number of amides is 1. The maximum absolute atomic E-state index is 12.9. The summed E-state index contributed by atoms with van der Waals surface area (Å²) < 4.78 is 2.03. The minimum Gasteiger partial charge on any atom is -0.354 e. The van der Waals surface area contributed by atoms with Crippen LogP contribution in [0.15, 0.2) is 29.8 Å². The molecule has 0 N–H and O–H groups in total. The molecule has 1 aliphatic rings. The first-order valence-corrected chi connectivity index (χ1v) is 9.00. The summed E-state index contributed by atoms with van der Waals surface area (Å²) >= 11 is 1.82. The lowest BCUT2D eigenvalue weighted by Crippen LogP contribution is -2.44. The van der Waals surface area contributed by atoms with Crippen LogP contribution in [0.4, 0.5) is 0 Å². The average Bonchev–Trinajstić information content (AvgIpc) is 3.16. The molecule has 1 amide bonds. The van der Waals surface area contributed by atoms with Gasteiger partial charge in [-0.3, -0.25) is 4.79 Å². The van der Waals surface area contributed by atoms with Gasteiger partial charge >= 0.3 is 0 Å². The van der Waals surface area contributed by atoms with Crippen LogP contribution in [0.1, 0.15) is 46.6 Å². The SMILES string of the molecule is Cc1c(C(=O)N2CCCC[C@H]2CCc2cccs2)ccn1C. The van der Waals surface area contributed by atoms with E-state index in [2.05, 4.69) is 22.4 Å². The molecule has 0 aliphatic carbocycles. The number of nitrogens with zero attached hydrogens (tertiary/aromatic N) is 2. The summed E-state index contributed by atoms with van der Waals surface area (Å²) in [5.41, 5.74) is 1.93. The third kappa shape index (κ3) is 3.12. The maximum Gasteiger partial charge on any atom is 0.255 e. The van der Waals surface area contributed by atoms with E-state index in [1.807, 2.05) is 42.1 Å². The van der Waals surface area contributed by atoms with Crippen molar-refractivity contribution in [2.75, 3.05) is 6.54 Å². The highest BCUT2D eigenvalue weighted by molar-refractivity contribution is 7.09. The Morgan fingerprint density at radius 2 is 2.23 bits per heavy atom. The van der Waals surface area contributed by atoms with Gasteiger partial charge in [-0.2, -0.15) is 0 Å². The Bertz CT molecular complexity index is 630. The second-order valence-electron chi connectivity index (χ2n) is 6.19. The molecule has 2 aromatic rings. The number of likely N-dealkylation sites (tertiary alicyclic amines) is 1. The molecule has 22 heavy (non-hydrogen) atoms. The van der Waals surface area contributed by atoms with E-state index in [4.69, 9.17) is 0 Å². The van der Waals surface area contributed by atoms with Crippen molar-refractivity contribution in [1.82, 2.24) is 9.47 Å². The van der Waals surface area contributed by atoms with Crippen LogP contribution in [0, 0.1) is 6.92 Å². The summed E-state index contributed by atoms with van der Waals surface area (Å²) in [6.45, 7) is 2.93. The fourth-order valence-corrected chi connectivity index (χ4v) is 4.05. The fraction of sp³-hybridized carbons (Fsp3) is 0.500. The lowest BCUT2D eigenvalue weighted by atomic mass is 9.96. The molecule has 118 valence electrons. The molecule has 0 bridgehead atoms. The molecule has 0 radical (unpaired) electrons. The molecule has 0 spiro atoms. The first kappa shape index (κ1) is 15.3. The number of carbonyl (C=O) groups is 1. The van der Waals surface area contributed by atoms with E-state index in [1.165, 1.54) is 11.3 Å². The van der Waals surface area contributed by atoms with Crippen molar-refractivity contribution < 1.29 is 4.79 Å². The van der Waals surface area contributed by atoms with E-state index in [9.17, 15) is 4.79 Å². The van der Waals surface area contributed by atoms with Crippen LogP contribution in [0.5, 0.6) is 0 Å². The van der Waals surface area contributed by atoms with E-state index < -0.39 is 0 Å². The molecule has 1 aliphatic heterocycles. The Labute approximate surface area is 136 Å². The van der Waals surface area contributed by atoms with Crippen molar-refractivity contribution in [2.24, 2.45) is 7.05 Å². The standard InChI is InChI=1S/C18H24N2OS/c1-14-17(10-12-19(14)2)18(21)20-11-4-3-6-15(20)8-9-16-7-5-13-22-16/h5,7,10,12-13,15H,3-4,6,8-9,11H2,1-2H3/t15-/m0/s1. The average molecular weight is 316 g/mol. The first-order valence-electron chi connectivity index (χ1n) is 8.12. The highest BCUT2D eigenvalue weighted by Crippen LogP contribution is 2.25. The molecule has 0 aromatic carbocycles. The van der Waals surface area contributed by atoms with Gasteiger partial charge < -0.3 is 9.47 Å². The molecule has 0 unspecified atom stereocenters. The van der Waals surface area contributed by atoms with E-state index in [1.54, 1.807) is 0 Å². The number of piperidine rings is 1. The Hall–Kier alpha value is -1.55. The molecule has 2 aromatic heterocycles. The van der Waals surface area contributed by atoms with Gasteiger partial charge in [0.2, 0.25) is 0 Å². The minimum absolute atomic E-state index is 0.217. The van der Waals surface area contributed by atoms with Crippen LogP contribution < -0.4 is 0 Å². The van der Waals surface area contributed by atoms with Crippen LogP contribution in [-0.2, 0) is 13.5 Å². The van der Waals surface area contributed by atoms with Crippen LogP contribution in [0.25, 0.3) is 0 Å². The second-order valence-corrected chi connectivity index (χ2v) is 7.22. The first-order chi connectivity index (χ1) is 10.7. The molecule has 1 fully saturated rings. The third-order valence-corrected chi connectivity index (χ3v) is 5.74. The van der Waals surface area contributed by atoms with Crippen LogP contribution >= 0.6 is 11.3 Å². The predicted octanol–water partition coefficient (Wildman–Crippen LogP) is 4.02. The smallest absolute Gasteiger partial charge is 0.255 e. The summed E-state index contributed by atoms with van der Waals surface area (Å²) in [7, 11) is 2.00. The molecule has 3 heterocycles. The molecule has 3 rings (SSSR count). The third-order valence-electron chi connectivity index (χ3n) is 4.81. The summed E-state index contributed by atoms with van der Waals surface area (Å²) in [5, 5.41) is 2.13. The highest BCUT2D eigenvalue weighted by atomic mass is 32.1. The molecular formula is C18H24N2OS. The number of thiophene rings is 1. The van der Waals surface area contributed by atoms with E-state index in [0.717, 1.165) is 43.5 Å². The van der Waals surface area contributed by atoms with Gasteiger partial charge in [0, 0.05) is 36.4 Å². The van der Waals surface area contributed by atoms with Crippen LogP contribution in [0.2, 0.25) is 0 Å². The van der Waals surface area contributed by atoms with E-state index in [-0.39, 0.29) is 5.91 Å². The van der Waals surface area contributed by atoms with Crippen molar-refractivity contribution in [2.45, 2.75) is 45.1 Å². The predicted molar refractivity (Wildman–Crippen MR) is 91.5 cm³/mol.